The molecule has 0 atom stereocenters. The molecule has 3 nitrogen and oxygen atoms in total. The summed E-state index contributed by atoms with van der Waals surface area (Å²) in [6.45, 7) is 2.69. The van der Waals surface area contributed by atoms with Gasteiger partial charge in [0, 0.05) is 5.56 Å². The fraction of sp³-hybridized carbons (Fsp3) is 0.235. The molecule has 0 spiro atoms. The maximum absolute atomic E-state index is 13.3. The zero-order valence-corrected chi connectivity index (χ0v) is 11.9. The van der Waals surface area contributed by atoms with Crippen LogP contribution in [0.4, 0.5) is 4.39 Å². The fourth-order valence-corrected chi connectivity index (χ4v) is 2.15. The van der Waals surface area contributed by atoms with Gasteiger partial charge in [0.15, 0.2) is 0 Å². The van der Waals surface area contributed by atoms with Gasteiger partial charge in [0.1, 0.15) is 18.2 Å². The third-order valence-corrected chi connectivity index (χ3v) is 3.20. The summed E-state index contributed by atoms with van der Waals surface area (Å²) in [6.07, 6.45) is 0.714. The van der Waals surface area contributed by atoms with Gasteiger partial charge in [-0.05, 0) is 49.7 Å². The van der Waals surface area contributed by atoms with Crippen molar-refractivity contribution in [2.24, 2.45) is 5.73 Å². The quantitative estimate of drug-likeness (QED) is 0.917. The van der Waals surface area contributed by atoms with Gasteiger partial charge in [0.2, 0.25) is 0 Å². The molecule has 0 bridgehead atoms. The van der Waals surface area contributed by atoms with Crippen LogP contribution in [-0.2, 0) is 13.0 Å². The Morgan fingerprint density at radius 2 is 2.00 bits per heavy atom. The van der Waals surface area contributed by atoms with E-state index in [1.165, 1.54) is 18.2 Å². The number of benzene rings is 2. The summed E-state index contributed by atoms with van der Waals surface area (Å²) in [7, 11) is 0. The number of nitrogens with two attached hydrogens (primary N) is 1. The van der Waals surface area contributed by atoms with E-state index in [1.807, 2.05) is 31.2 Å². The molecule has 21 heavy (non-hydrogen) atoms. The topological polar surface area (TPSA) is 59.0 Å². The summed E-state index contributed by atoms with van der Waals surface area (Å²) in [6, 6.07) is 12.0. The van der Waals surface area contributed by atoms with Crippen LogP contribution in [0.15, 0.2) is 36.4 Å². The molecule has 108 valence electrons. The molecule has 0 aromatic heterocycles. The molecule has 0 saturated heterocycles. The number of nitrogens with zero attached hydrogens (tertiary/aromatic N) is 1. The SMILES string of the molecule is Cc1ccc(OCc2cc(F)ccc2C#N)c(CCN)c1. The summed E-state index contributed by atoms with van der Waals surface area (Å²) in [4.78, 5) is 0. The first-order valence-electron chi connectivity index (χ1n) is 6.75. The predicted molar refractivity (Wildman–Crippen MR) is 79.4 cm³/mol. The van der Waals surface area contributed by atoms with E-state index in [2.05, 4.69) is 0 Å². The Kier molecular flexibility index (Phi) is 4.91. The lowest BCUT2D eigenvalue weighted by Crippen LogP contribution is -2.06. The van der Waals surface area contributed by atoms with Crippen LogP contribution in [0.2, 0.25) is 0 Å². The highest BCUT2D eigenvalue weighted by atomic mass is 19.1. The summed E-state index contributed by atoms with van der Waals surface area (Å²) in [5.74, 6) is 0.345. The first kappa shape index (κ1) is 15.0. The molecule has 4 heteroatoms. The minimum atomic E-state index is -0.376. The molecule has 2 rings (SSSR count). The Balaban J connectivity index is 2.20. The molecule has 2 N–H and O–H groups in total. The van der Waals surface area contributed by atoms with Gasteiger partial charge >= 0.3 is 0 Å². The molecule has 0 aliphatic carbocycles. The smallest absolute Gasteiger partial charge is 0.123 e. The molecule has 0 aliphatic rings. The number of hydrogen-bond donors (Lipinski definition) is 1. The van der Waals surface area contributed by atoms with Crippen molar-refractivity contribution in [2.75, 3.05) is 6.54 Å². The summed E-state index contributed by atoms with van der Waals surface area (Å²) >= 11 is 0. The van der Waals surface area contributed by atoms with Crippen LogP contribution < -0.4 is 10.5 Å². The molecule has 0 radical (unpaired) electrons. The molecule has 0 amide bonds. The molecular formula is C17H17FN2O. The van der Waals surface area contributed by atoms with Gasteiger partial charge in [-0.3, -0.25) is 0 Å². The zero-order chi connectivity index (χ0) is 15.2. The summed E-state index contributed by atoms with van der Waals surface area (Å²) in [5.41, 5.74) is 8.72. The molecule has 0 fully saturated rings. The highest BCUT2D eigenvalue weighted by Gasteiger charge is 2.08. The average molecular weight is 284 g/mol. The van der Waals surface area contributed by atoms with Crippen molar-refractivity contribution in [3.05, 3.63) is 64.5 Å². The highest BCUT2D eigenvalue weighted by Crippen LogP contribution is 2.22. The predicted octanol–water partition coefficient (Wildman–Crippen LogP) is 3.09. The Morgan fingerprint density at radius 3 is 2.71 bits per heavy atom. The maximum atomic E-state index is 13.3. The van der Waals surface area contributed by atoms with Gasteiger partial charge in [-0.25, -0.2) is 4.39 Å². The van der Waals surface area contributed by atoms with Gasteiger partial charge in [-0.2, -0.15) is 5.26 Å². The molecule has 0 heterocycles. The van der Waals surface area contributed by atoms with Crippen LogP contribution in [-0.4, -0.2) is 6.54 Å². The Bertz CT molecular complexity index is 677. The molecule has 0 unspecified atom stereocenters. The van der Waals surface area contributed by atoms with E-state index in [4.69, 9.17) is 15.7 Å². The third kappa shape index (κ3) is 3.80. The monoisotopic (exact) mass is 284 g/mol. The van der Waals surface area contributed by atoms with Crippen LogP contribution in [0.3, 0.4) is 0 Å². The molecule has 2 aromatic rings. The van der Waals surface area contributed by atoms with E-state index in [1.54, 1.807) is 0 Å². The van der Waals surface area contributed by atoms with Crippen molar-refractivity contribution in [1.29, 1.82) is 5.26 Å². The van der Waals surface area contributed by atoms with Crippen LogP contribution in [0.1, 0.15) is 22.3 Å². The van der Waals surface area contributed by atoms with E-state index in [9.17, 15) is 4.39 Å². The van der Waals surface area contributed by atoms with Crippen molar-refractivity contribution in [3.8, 4) is 11.8 Å². The number of hydrogen-bond acceptors (Lipinski definition) is 3. The number of rotatable bonds is 5. The molecule has 2 aromatic carbocycles. The second-order valence-electron chi connectivity index (χ2n) is 4.85. The second-order valence-corrected chi connectivity index (χ2v) is 4.85. The van der Waals surface area contributed by atoms with Crippen molar-refractivity contribution >= 4 is 0 Å². The second kappa shape index (κ2) is 6.87. The van der Waals surface area contributed by atoms with Gasteiger partial charge < -0.3 is 10.5 Å². The highest BCUT2D eigenvalue weighted by molar-refractivity contribution is 5.40. The van der Waals surface area contributed by atoms with E-state index in [0.29, 0.717) is 24.1 Å². The Hall–Kier alpha value is -2.38. The summed E-state index contributed by atoms with van der Waals surface area (Å²) in [5, 5.41) is 9.04. The lowest BCUT2D eigenvalue weighted by molar-refractivity contribution is 0.302. The van der Waals surface area contributed by atoms with Gasteiger partial charge in [-0.15, -0.1) is 0 Å². The first-order valence-corrected chi connectivity index (χ1v) is 6.75. The molecular weight excluding hydrogens is 267 g/mol. The normalized spacial score (nSPS) is 10.2. The zero-order valence-electron chi connectivity index (χ0n) is 11.9. The molecule has 0 saturated carbocycles. The van der Waals surface area contributed by atoms with Crippen LogP contribution in [0.5, 0.6) is 5.75 Å². The lowest BCUT2D eigenvalue weighted by Gasteiger charge is -2.12. The van der Waals surface area contributed by atoms with Gasteiger partial charge in [-0.1, -0.05) is 17.7 Å². The Labute approximate surface area is 123 Å². The maximum Gasteiger partial charge on any atom is 0.123 e. The fourth-order valence-electron chi connectivity index (χ4n) is 2.15. The van der Waals surface area contributed by atoms with Crippen LogP contribution >= 0.6 is 0 Å². The largest absolute Gasteiger partial charge is 0.489 e. The lowest BCUT2D eigenvalue weighted by atomic mass is 10.1. The van der Waals surface area contributed by atoms with E-state index in [0.717, 1.165) is 16.9 Å². The van der Waals surface area contributed by atoms with Gasteiger partial charge in [0.25, 0.3) is 0 Å². The van der Waals surface area contributed by atoms with E-state index >= 15 is 0 Å². The number of halogens is 1. The van der Waals surface area contributed by atoms with Crippen LogP contribution in [0, 0.1) is 24.1 Å². The van der Waals surface area contributed by atoms with Gasteiger partial charge in [0.05, 0.1) is 11.6 Å². The van der Waals surface area contributed by atoms with E-state index in [-0.39, 0.29) is 12.4 Å². The van der Waals surface area contributed by atoms with Crippen molar-refractivity contribution in [3.63, 3.8) is 0 Å². The van der Waals surface area contributed by atoms with Crippen molar-refractivity contribution in [2.45, 2.75) is 20.0 Å². The molecule has 0 aliphatic heterocycles. The first-order chi connectivity index (χ1) is 10.1. The third-order valence-electron chi connectivity index (χ3n) is 3.20. The van der Waals surface area contributed by atoms with Crippen LogP contribution in [0.25, 0.3) is 0 Å². The number of ether oxygens (including phenoxy) is 1. The minimum Gasteiger partial charge on any atom is -0.489 e. The number of aryl methyl sites for hydroxylation is 1. The van der Waals surface area contributed by atoms with Crippen molar-refractivity contribution < 1.29 is 9.13 Å². The summed E-state index contributed by atoms with van der Waals surface area (Å²) < 4.78 is 19.0. The average Bonchev–Trinajstić information content (AvgIpc) is 2.47. The van der Waals surface area contributed by atoms with Crippen molar-refractivity contribution in [1.82, 2.24) is 0 Å². The minimum absolute atomic E-state index is 0.154. The van der Waals surface area contributed by atoms with E-state index < -0.39 is 0 Å². The Morgan fingerprint density at radius 1 is 1.19 bits per heavy atom. The standard InChI is InChI=1S/C17H17FN2O/c1-12-2-5-17(13(8-12)6-7-19)21-11-15-9-16(18)4-3-14(15)10-20/h2-5,8-9H,6-7,11,19H2,1H3. The number of nitriles is 1.